The molecule has 1 amide bonds. The average molecular weight is 452 g/mol. The topological polar surface area (TPSA) is 127 Å². The molecule has 0 unspecified atom stereocenters. The standard InChI is InChI=1S/C23H25FN6O3/c1-12(32)20-21(14-6-16-4-5-17(7-14)29(16)19(33)11-31)28-23-18(10-27-30(23)22(20)25)13-2-3-15(8-24)26-9-13/h2-3,9-10,14,16-17,31H,4-8,11,25H2,1H3/t14-,16-,17+. The normalized spacial score (nSPS) is 22.2. The van der Waals surface area contributed by atoms with Crippen LogP contribution in [-0.2, 0) is 11.5 Å². The van der Waals surface area contributed by atoms with Gasteiger partial charge in [0.15, 0.2) is 11.4 Å². The van der Waals surface area contributed by atoms with Gasteiger partial charge >= 0.3 is 0 Å². The van der Waals surface area contributed by atoms with Crippen LogP contribution in [0.15, 0.2) is 24.5 Å². The van der Waals surface area contributed by atoms with Crippen molar-refractivity contribution in [3.63, 3.8) is 0 Å². The lowest BCUT2D eigenvalue weighted by atomic mass is 9.85. The molecule has 172 valence electrons. The van der Waals surface area contributed by atoms with Crippen molar-refractivity contribution in [3.05, 3.63) is 41.5 Å². The van der Waals surface area contributed by atoms with E-state index in [9.17, 15) is 19.1 Å². The molecule has 33 heavy (non-hydrogen) atoms. The first kappa shape index (κ1) is 21.4. The number of carbonyl (C=O) groups excluding carboxylic acids is 2. The number of fused-ring (bicyclic) bond motifs is 3. The van der Waals surface area contributed by atoms with Crippen LogP contribution in [0, 0.1) is 0 Å². The molecule has 3 aromatic rings. The number of pyridine rings is 1. The molecule has 5 rings (SSSR count). The van der Waals surface area contributed by atoms with E-state index in [2.05, 4.69) is 10.1 Å². The third-order valence-electron chi connectivity index (χ3n) is 6.88. The number of Topliss-reactive ketones (excluding diaryl/α,β-unsaturated/α-hetero) is 1. The van der Waals surface area contributed by atoms with E-state index in [4.69, 9.17) is 10.7 Å². The molecule has 3 atom stereocenters. The van der Waals surface area contributed by atoms with Gasteiger partial charge in [0.25, 0.3) is 0 Å². The van der Waals surface area contributed by atoms with Gasteiger partial charge in [0.05, 0.1) is 23.1 Å². The summed E-state index contributed by atoms with van der Waals surface area (Å²) >= 11 is 0. The molecule has 2 fully saturated rings. The van der Waals surface area contributed by atoms with Crippen molar-refractivity contribution in [1.82, 2.24) is 24.5 Å². The molecule has 2 aliphatic rings. The maximum atomic E-state index is 12.9. The summed E-state index contributed by atoms with van der Waals surface area (Å²) < 4.78 is 14.3. The van der Waals surface area contributed by atoms with E-state index in [1.54, 1.807) is 29.4 Å². The zero-order valence-electron chi connectivity index (χ0n) is 18.2. The van der Waals surface area contributed by atoms with Crippen LogP contribution < -0.4 is 5.73 Å². The number of carbonyl (C=O) groups is 2. The third-order valence-corrected chi connectivity index (χ3v) is 6.88. The van der Waals surface area contributed by atoms with Crippen LogP contribution in [0.25, 0.3) is 16.8 Å². The lowest BCUT2D eigenvalue weighted by Crippen LogP contribution is -2.47. The van der Waals surface area contributed by atoms with Crippen molar-refractivity contribution in [2.24, 2.45) is 0 Å². The van der Waals surface area contributed by atoms with Gasteiger partial charge in [-0.1, -0.05) is 6.07 Å². The molecule has 2 aliphatic heterocycles. The molecule has 5 heterocycles. The summed E-state index contributed by atoms with van der Waals surface area (Å²) in [6, 6.07) is 3.39. The largest absolute Gasteiger partial charge is 0.387 e. The highest BCUT2D eigenvalue weighted by Gasteiger charge is 2.44. The first-order valence-electron chi connectivity index (χ1n) is 11.0. The minimum absolute atomic E-state index is 0.00860. The lowest BCUT2D eigenvalue weighted by Gasteiger charge is -2.39. The van der Waals surface area contributed by atoms with E-state index in [1.165, 1.54) is 11.4 Å². The van der Waals surface area contributed by atoms with Crippen LogP contribution in [0.2, 0.25) is 0 Å². The van der Waals surface area contributed by atoms with Crippen LogP contribution in [0.3, 0.4) is 0 Å². The van der Waals surface area contributed by atoms with Crippen LogP contribution in [0.1, 0.15) is 60.3 Å². The van der Waals surface area contributed by atoms with Gasteiger partial charge in [-0.3, -0.25) is 14.6 Å². The molecule has 0 radical (unpaired) electrons. The van der Waals surface area contributed by atoms with Crippen LogP contribution in [0.5, 0.6) is 0 Å². The smallest absolute Gasteiger partial charge is 0.248 e. The Morgan fingerprint density at radius 3 is 2.52 bits per heavy atom. The van der Waals surface area contributed by atoms with Gasteiger partial charge in [0, 0.05) is 35.3 Å². The van der Waals surface area contributed by atoms with E-state index >= 15 is 0 Å². The molecule has 9 nitrogen and oxygen atoms in total. The maximum Gasteiger partial charge on any atom is 0.248 e. The predicted octanol–water partition coefficient (Wildman–Crippen LogP) is 2.27. The highest BCUT2D eigenvalue weighted by molar-refractivity contribution is 6.00. The number of aliphatic hydroxyl groups excluding tert-OH is 1. The number of piperidine rings is 1. The van der Waals surface area contributed by atoms with Crippen molar-refractivity contribution in [2.45, 2.75) is 57.3 Å². The maximum absolute atomic E-state index is 12.9. The van der Waals surface area contributed by atoms with E-state index in [0.29, 0.717) is 41.0 Å². The Bertz CT molecular complexity index is 1230. The molecule has 0 aromatic carbocycles. The highest BCUT2D eigenvalue weighted by atomic mass is 19.1. The minimum atomic E-state index is -0.647. The number of nitrogen functional groups attached to an aromatic ring is 1. The molecule has 2 saturated heterocycles. The second-order valence-corrected chi connectivity index (χ2v) is 8.79. The monoisotopic (exact) mass is 452 g/mol. The number of alkyl halides is 1. The zero-order chi connectivity index (χ0) is 23.3. The van der Waals surface area contributed by atoms with Gasteiger partial charge in [-0.2, -0.15) is 9.61 Å². The van der Waals surface area contributed by atoms with E-state index in [1.807, 2.05) is 0 Å². The van der Waals surface area contributed by atoms with Crippen molar-refractivity contribution in [1.29, 1.82) is 0 Å². The predicted molar refractivity (Wildman–Crippen MR) is 118 cm³/mol. The van der Waals surface area contributed by atoms with Crippen LogP contribution >= 0.6 is 0 Å². The second kappa shape index (κ2) is 8.18. The van der Waals surface area contributed by atoms with E-state index < -0.39 is 13.3 Å². The van der Waals surface area contributed by atoms with Crippen LogP contribution in [0.4, 0.5) is 10.2 Å². The number of anilines is 1. The number of hydrogen-bond acceptors (Lipinski definition) is 7. The summed E-state index contributed by atoms with van der Waals surface area (Å²) in [7, 11) is 0. The minimum Gasteiger partial charge on any atom is -0.387 e. The fourth-order valence-corrected chi connectivity index (χ4v) is 5.44. The molecule has 2 bridgehead atoms. The number of nitrogens with zero attached hydrogens (tertiary/aromatic N) is 5. The number of rotatable bonds is 5. The number of aliphatic hydroxyl groups is 1. The molecular formula is C23H25FN6O3. The average Bonchev–Trinajstić information content (AvgIpc) is 3.36. The van der Waals surface area contributed by atoms with Gasteiger partial charge < -0.3 is 15.7 Å². The highest BCUT2D eigenvalue weighted by Crippen LogP contribution is 2.44. The Hall–Kier alpha value is -3.40. The van der Waals surface area contributed by atoms with Crippen molar-refractivity contribution >= 4 is 23.2 Å². The first-order valence-corrected chi connectivity index (χ1v) is 11.0. The Labute approximate surface area is 189 Å². The molecule has 3 N–H and O–H groups in total. The van der Waals surface area contributed by atoms with Crippen molar-refractivity contribution in [3.8, 4) is 11.1 Å². The van der Waals surface area contributed by atoms with E-state index in [0.717, 1.165) is 18.4 Å². The second-order valence-electron chi connectivity index (χ2n) is 8.79. The quantitative estimate of drug-likeness (QED) is 0.569. The molecule has 0 spiro atoms. The summed E-state index contributed by atoms with van der Waals surface area (Å²) in [5.74, 6) is -0.267. The number of aromatic nitrogens is 4. The Balaban J connectivity index is 1.60. The summed E-state index contributed by atoms with van der Waals surface area (Å²) in [4.78, 5) is 35.7. The molecule has 0 saturated carbocycles. The number of halogens is 1. The Morgan fingerprint density at radius 1 is 1.21 bits per heavy atom. The number of ketones is 1. The van der Waals surface area contributed by atoms with Gasteiger partial charge in [0.1, 0.15) is 19.1 Å². The third kappa shape index (κ3) is 3.45. The fraction of sp³-hybridized carbons (Fsp3) is 0.435. The molecule has 10 heteroatoms. The van der Waals surface area contributed by atoms with Crippen molar-refractivity contribution in [2.75, 3.05) is 12.3 Å². The first-order chi connectivity index (χ1) is 15.9. The van der Waals surface area contributed by atoms with Gasteiger partial charge in [-0.15, -0.1) is 0 Å². The van der Waals surface area contributed by atoms with Gasteiger partial charge in [-0.05, 0) is 38.7 Å². The number of hydrogen-bond donors (Lipinski definition) is 2. The van der Waals surface area contributed by atoms with Gasteiger partial charge in [0.2, 0.25) is 5.91 Å². The summed E-state index contributed by atoms with van der Waals surface area (Å²) in [5.41, 5.74) is 9.65. The fourth-order valence-electron chi connectivity index (χ4n) is 5.44. The van der Waals surface area contributed by atoms with Crippen molar-refractivity contribution < 1.29 is 19.1 Å². The summed E-state index contributed by atoms with van der Waals surface area (Å²) in [5, 5.41) is 13.7. The lowest BCUT2D eigenvalue weighted by molar-refractivity contribution is -0.138. The number of amides is 1. The Kier molecular flexibility index (Phi) is 5.32. The SMILES string of the molecule is CC(=O)c1c([C@@H]2C[C@H]3CC[C@@H](C2)N3C(=O)CO)nc2c(-c3ccc(CF)nc3)cnn2c1N. The zero-order valence-corrected chi connectivity index (χ0v) is 18.2. The van der Waals surface area contributed by atoms with E-state index in [-0.39, 0.29) is 35.5 Å². The number of nitrogens with two attached hydrogens (primary N) is 1. The molecule has 3 aromatic heterocycles. The van der Waals surface area contributed by atoms with Gasteiger partial charge in [-0.25, -0.2) is 9.37 Å². The Morgan fingerprint density at radius 2 is 1.94 bits per heavy atom. The molecular weight excluding hydrogens is 427 g/mol. The van der Waals surface area contributed by atoms with Crippen LogP contribution in [-0.4, -0.2) is 60.0 Å². The summed E-state index contributed by atoms with van der Waals surface area (Å²) in [6.45, 7) is 0.319. The molecule has 0 aliphatic carbocycles. The summed E-state index contributed by atoms with van der Waals surface area (Å²) in [6.07, 6.45) is 6.23.